The highest BCUT2D eigenvalue weighted by molar-refractivity contribution is 5.73. The lowest BCUT2D eigenvalue weighted by Crippen LogP contribution is -2.29. The minimum Gasteiger partial charge on any atom is -0.478 e. The number of carboxylic acid groups (broad SMARTS) is 1. The van der Waals surface area contributed by atoms with Crippen LogP contribution in [0.2, 0.25) is 0 Å². The summed E-state index contributed by atoms with van der Waals surface area (Å²) in [4.78, 5) is 11.3. The van der Waals surface area contributed by atoms with Crippen molar-refractivity contribution in [2.24, 2.45) is 0 Å². The van der Waals surface area contributed by atoms with Gasteiger partial charge >= 0.3 is 5.97 Å². The molecule has 0 aliphatic rings. The Bertz CT molecular complexity index is 546. The normalized spacial score (nSPS) is 11.8. The number of rotatable bonds is 6. The van der Waals surface area contributed by atoms with E-state index in [0.29, 0.717) is 12.2 Å². The fraction of sp³-hybridized carbons (Fsp3) is 0.235. The molecule has 0 bridgehead atoms. The van der Waals surface area contributed by atoms with E-state index < -0.39 is 12.1 Å². The number of hydrogen-bond donors (Lipinski definition) is 1. The quantitative estimate of drug-likeness (QED) is 0.875. The number of benzene rings is 2. The van der Waals surface area contributed by atoms with Crippen LogP contribution in [-0.2, 0) is 17.6 Å². The van der Waals surface area contributed by atoms with E-state index in [-0.39, 0.29) is 0 Å². The Morgan fingerprint density at radius 2 is 1.65 bits per heavy atom. The van der Waals surface area contributed by atoms with Crippen molar-refractivity contribution < 1.29 is 14.6 Å². The van der Waals surface area contributed by atoms with Gasteiger partial charge in [0.05, 0.1) is 0 Å². The molecule has 3 heteroatoms. The van der Waals surface area contributed by atoms with Crippen LogP contribution in [0.4, 0.5) is 0 Å². The zero-order valence-electron chi connectivity index (χ0n) is 11.5. The number of hydrogen-bond acceptors (Lipinski definition) is 2. The van der Waals surface area contributed by atoms with Gasteiger partial charge < -0.3 is 9.84 Å². The first-order chi connectivity index (χ1) is 9.69. The van der Waals surface area contributed by atoms with Crippen molar-refractivity contribution in [2.45, 2.75) is 25.9 Å². The van der Waals surface area contributed by atoms with Gasteiger partial charge in [-0.15, -0.1) is 0 Å². The molecule has 0 saturated heterocycles. The molecule has 0 unspecified atom stereocenters. The van der Waals surface area contributed by atoms with E-state index in [1.807, 2.05) is 42.5 Å². The standard InChI is InChI=1S/C17H18O3/c1-2-13-8-10-14(11-9-13)12-16(17(18)19)20-15-6-4-3-5-7-15/h3-11,16H,2,12H2,1H3,(H,18,19)/t16-/m0/s1. The first-order valence-corrected chi connectivity index (χ1v) is 6.71. The number of carbonyl (C=O) groups is 1. The van der Waals surface area contributed by atoms with Crippen LogP contribution in [0.25, 0.3) is 0 Å². The van der Waals surface area contributed by atoms with Crippen molar-refractivity contribution >= 4 is 5.97 Å². The maximum absolute atomic E-state index is 11.3. The maximum atomic E-state index is 11.3. The molecule has 0 heterocycles. The van der Waals surface area contributed by atoms with Crippen LogP contribution < -0.4 is 4.74 Å². The maximum Gasteiger partial charge on any atom is 0.345 e. The van der Waals surface area contributed by atoms with Gasteiger partial charge in [-0.05, 0) is 29.7 Å². The molecule has 0 aliphatic carbocycles. The molecule has 1 N–H and O–H groups in total. The SMILES string of the molecule is CCc1ccc(C[C@H](Oc2ccccc2)C(=O)O)cc1. The molecule has 3 nitrogen and oxygen atoms in total. The second kappa shape index (κ2) is 6.75. The Morgan fingerprint density at radius 3 is 2.20 bits per heavy atom. The second-order valence-electron chi connectivity index (χ2n) is 4.63. The predicted octanol–water partition coefficient (Wildman–Crippen LogP) is 3.32. The predicted molar refractivity (Wildman–Crippen MR) is 78.0 cm³/mol. The van der Waals surface area contributed by atoms with E-state index in [1.54, 1.807) is 12.1 Å². The molecule has 104 valence electrons. The molecule has 2 aromatic rings. The van der Waals surface area contributed by atoms with Crippen molar-refractivity contribution in [2.75, 3.05) is 0 Å². The Morgan fingerprint density at radius 1 is 1.05 bits per heavy atom. The highest BCUT2D eigenvalue weighted by atomic mass is 16.5. The fourth-order valence-electron chi connectivity index (χ4n) is 1.97. The zero-order chi connectivity index (χ0) is 14.4. The van der Waals surface area contributed by atoms with Crippen molar-refractivity contribution in [3.05, 3.63) is 65.7 Å². The van der Waals surface area contributed by atoms with E-state index in [9.17, 15) is 9.90 Å². The summed E-state index contributed by atoms with van der Waals surface area (Å²) in [6.07, 6.45) is 0.460. The molecule has 0 aliphatic heterocycles. The van der Waals surface area contributed by atoms with Crippen molar-refractivity contribution in [1.82, 2.24) is 0 Å². The molecule has 0 amide bonds. The molecule has 0 radical (unpaired) electrons. The average molecular weight is 270 g/mol. The second-order valence-corrected chi connectivity index (χ2v) is 4.63. The van der Waals surface area contributed by atoms with Gasteiger partial charge in [0.15, 0.2) is 6.10 Å². The van der Waals surface area contributed by atoms with Crippen LogP contribution in [0.15, 0.2) is 54.6 Å². The molecule has 20 heavy (non-hydrogen) atoms. The minimum absolute atomic E-state index is 0.355. The van der Waals surface area contributed by atoms with Crippen molar-refractivity contribution in [3.63, 3.8) is 0 Å². The summed E-state index contributed by atoms with van der Waals surface area (Å²) in [7, 11) is 0. The molecule has 2 rings (SSSR count). The summed E-state index contributed by atoms with van der Waals surface area (Å²) in [5.41, 5.74) is 2.20. The van der Waals surface area contributed by atoms with Gasteiger partial charge in [0, 0.05) is 6.42 Å². The van der Waals surface area contributed by atoms with Gasteiger partial charge in [-0.1, -0.05) is 49.4 Å². The van der Waals surface area contributed by atoms with E-state index >= 15 is 0 Å². The Kier molecular flexibility index (Phi) is 4.77. The van der Waals surface area contributed by atoms with Crippen LogP contribution >= 0.6 is 0 Å². The van der Waals surface area contributed by atoms with Crippen LogP contribution in [-0.4, -0.2) is 17.2 Å². The van der Waals surface area contributed by atoms with Crippen molar-refractivity contribution in [1.29, 1.82) is 0 Å². The van der Waals surface area contributed by atoms with Gasteiger partial charge in [-0.25, -0.2) is 4.79 Å². The Balaban J connectivity index is 2.07. The number of ether oxygens (including phenoxy) is 1. The van der Waals surface area contributed by atoms with Gasteiger partial charge in [0.25, 0.3) is 0 Å². The van der Waals surface area contributed by atoms with Crippen LogP contribution in [0.5, 0.6) is 5.75 Å². The first kappa shape index (κ1) is 14.1. The third kappa shape index (κ3) is 3.85. The fourth-order valence-corrected chi connectivity index (χ4v) is 1.97. The summed E-state index contributed by atoms with van der Waals surface area (Å²) >= 11 is 0. The van der Waals surface area contributed by atoms with Gasteiger partial charge in [0.1, 0.15) is 5.75 Å². The Labute approximate surface area is 118 Å². The van der Waals surface area contributed by atoms with E-state index in [4.69, 9.17) is 4.74 Å². The van der Waals surface area contributed by atoms with Crippen LogP contribution in [0, 0.1) is 0 Å². The molecular weight excluding hydrogens is 252 g/mol. The summed E-state index contributed by atoms with van der Waals surface area (Å²) in [5.74, 6) is -0.376. The minimum atomic E-state index is -0.951. The van der Waals surface area contributed by atoms with Gasteiger partial charge in [-0.2, -0.15) is 0 Å². The number of carboxylic acids is 1. The highest BCUT2D eigenvalue weighted by Gasteiger charge is 2.19. The number of para-hydroxylation sites is 1. The summed E-state index contributed by atoms with van der Waals surface area (Å²) < 4.78 is 5.54. The summed E-state index contributed by atoms with van der Waals surface area (Å²) in [6.45, 7) is 2.09. The van der Waals surface area contributed by atoms with E-state index in [2.05, 4.69) is 6.92 Å². The highest BCUT2D eigenvalue weighted by Crippen LogP contribution is 2.15. The molecule has 2 aromatic carbocycles. The first-order valence-electron chi connectivity index (χ1n) is 6.71. The van der Waals surface area contributed by atoms with Crippen molar-refractivity contribution in [3.8, 4) is 5.75 Å². The number of aliphatic carboxylic acids is 1. The van der Waals surface area contributed by atoms with E-state index in [0.717, 1.165) is 12.0 Å². The lowest BCUT2D eigenvalue weighted by atomic mass is 10.0. The van der Waals surface area contributed by atoms with Crippen LogP contribution in [0.1, 0.15) is 18.1 Å². The topological polar surface area (TPSA) is 46.5 Å². The monoisotopic (exact) mass is 270 g/mol. The Hall–Kier alpha value is -2.29. The summed E-state index contributed by atoms with van der Waals surface area (Å²) in [5, 5.41) is 9.27. The molecule has 0 aromatic heterocycles. The third-order valence-electron chi connectivity index (χ3n) is 3.15. The molecule has 0 spiro atoms. The smallest absolute Gasteiger partial charge is 0.345 e. The number of aryl methyl sites for hydroxylation is 1. The van der Waals surface area contributed by atoms with Gasteiger partial charge in [-0.3, -0.25) is 0 Å². The zero-order valence-corrected chi connectivity index (χ0v) is 11.5. The third-order valence-corrected chi connectivity index (χ3v) is 3.15. The average Bonchev–Trinajstić information content (AvgIpc) is 2.48. The van der Waals surface area contributed by atoms with Crippen LogP contribution in [0.3, 0.4) is 0 Å². The molecule has 1 atom stereocenters. The molecular formula is C17H18O3. The van der Waals surface area contributed by atoms with Gasteiger partial charge in [0.2, 0.25) is 0 Å². The summed E-state index contributed by atoms with van der Waals surface area (Å²) in [6, 6.07) is 17.0. The molecule has 0 fully saturated rings. The largest absolute Gasteiger partial charge is 0.478 e. The lowest BCUT2D eigenvalue weighted by molar-refractivity contribution is -0.145. The molecule has 0 saturated carbocycles. The van der Waals surface area contributed by atoms with E-state index in [1.165, 1.54) is 5.56 Å². The lowest BCUT2D eigenvalue weighted by Gasteiger charge is -2.15.